The van der Waals surface area contributed by atoms with E-state index >= 15 is 0 Å². The summed E-state index contributed by atoms with van der Waals surface area (Å²) in [6, 6.07) is 7.86. The molecule has 208 valence electrons. The van der Waals surface area contributed by atoms with E-state index in [1.54, 1.807) is 49.8 Å². The monoisotopic (exact) mass is 543 g/mol. The standard InChI is InChI=1S/C28H33N9O3/c1-6-23(38)20-12-29-24(34-25-13-31-26(14-30-25)40-18-10-17(2)36(3)15-18)11-22(20)33-21-9-7-8-19(27(21)39-5)28-32-16-37(4)35-28/h7-9,11-14,16-18H,6,10,15H2,1-5H3,(H2,29,30,33,34)/t17-,18+/m0/s1. The predicted molar refractivity (Wildman–Crippen MR) is 152 cm³/mol. The third kappa shape index (κ3) is 5.86. The van der Waals surface area contributed by atoms with Crippen LogP contribution in [0.25, 0.3) is 11.4 Å². The van der Waals surface area contributed by atoms with Gasteiger partial charge >= 0.3 is 0 Å². The fourth-order valence-corrected chi connectivity index (χ4v) is 4.64. The number of aromatic nitrogens is 6. The van der Waals surface area contributed by atoms with Gasteiger partial charge in [0.2, 0.25) is 5.88 Å². The molecule has 1 fully saturated rings. The Hall–Kier alpha value is -4.58. The van der Waals surface area contributed by atoms with Crippen LogP contribution in [0, 0.1) is 0 Å². The zero-order chi connectivity index (χ0) is 28.2. The molecule has 0 bridgehead atoms. The Morgan fingerprint density at radius 1 is 1.05 bits per heavy atom. The molecule has 0 saturated carbocycles. The van der Waals surface area contributed by atoms with Crippen molar-refractivity contribution < 1.29 is 14.3 Å². The second kappa shape index (κ2) is 11.7. The first-order valence-corrected chi connectivity index (χ1v) is 13.1. The Labute approximate surface area is 232 Å². The number of anilines is 4. The third-order valence-corrected chi connectivity index (χ3v) is 6.87. The Balaban J connectivity index is 1.38. The van der Waals surface area contributed by atoms with Crippen molar-refractivity contribution in [2.45, 2.75) is 38.8 Å². The highest BCUT2D eigenvalue weighted by Crippen LogP contribution is 2.37. The topological polar surface area (TPSA) is 132 Å². The van der Waals surface area contributed by atoms with E-state index in [0.717, 1.165) is 18.5 Å². The molecule has 12 nitrogen and oxygen atoms in total. The molecule has 4 aromatic rings. The number of nitrogens with one attached hydrogen (secondary N) is 2. The number of nitrogens with zero attached hydrogens (tertiary/aromatic N) is 7. The minimum atomic E-state index is -0.0452. The highest BCUT2D eigenvalue weighted by molar-refractivity contribution is 6.02. The minimum Gasteiger partial charge on any atom is -0.494 e. The van der Waals surface area contributed by atoms with Gasteiger partial charge in [0.05, 0.1) is 42.0 Å². The van der Waals surface area contributed by atoms with Gasteiger partial charge in [0.15, 0.2) is 17.4 Å². The number of methoxy groups -OCH3 is 1. The molecule has 12 heteroatoms. The van der Waals surface area contributed by atoms with Gasteiger partial charge in [-0.2, -0.15) is 5.10 Å². The van der Waals surface area contributed by atoms with Crippen molar-refractivity contribution in [3.8, 4) is 23.0 Å². The van der Waals surface area contributed by atoms with E-state index in [9.17, 15) is 4.79 Å². The van der Waals surface area contributed by atoms with Crippen LogP contribution >= 0.6 is 0 Å². The molecule has 5 rings (SSSR count). The number of likely N-dealkylation sites (N-methyl/N-ethyl adjacent to an activating group) is 1. The van der Waals surface area contributed by atoms with Crippen LogP contribution in [0.3, 0.4) is 0 Å². The maximum atomic E-state index is 12.8. The number of ether oxygens (including phenoxy) is 2. The number of rotatable bonds is 10. The molecule has 0 unspecified atom stereocenters. The number of likely N-dealkylation sites (tertiary alicyclic amines) is 1. The van der Waals surface area contributed by atoms with Gasteiger partial charge in [-0.15, -0.1) is 0 Å². The van der Waals surface area contributed by atoms with Crippen LogP contribution in [-0.2, 0) is 7.05 Å². The number of ketones is 1. The molecule has 2 atom stereocenters. The van der Waals surface area contributed by atoms with Crippen molar-refractivity contribution in [2.75, 3.05) is 31.3 Å². The third-order valence-electron chi connectivity index (χ3n) is 6.87. The molecule has 4 heterocycles. The van der Waals surface area contributed by atoms with E-state index in [2.05, 4.69) is 54.5 Å². The van der Waals surface area contributed by atoms with E-state index in [1.807, 2.05) is 25.1 Å². The van der Waals surface area contributed by atoms with Crippen LogP contribution < -0.4 is 20.1 Å². The Morgan fingerprint density at radius 2 is 1.88 bits per heavy atom. The zero-order valence-electron chi connectivity index (χ0n) is 23.3. The molecular weight excluding hydrogens is 510 g/mol. The highest BCUT2D eigenvalue weighted by Gasteiger charge is 2.28. The molecule has 40 heavy (non-hydrogen) atoms. The second-order valence-corrected chi connectivity index (χ2v) is 9.77. The summed E-state index contributed by atoms with van der Waals surface area (Å²) in [5.74, 6) is 2.51. The Kier molecular flexibility index (Phi) is 7.87. The average molecular weight is 544 g/mol. The molecule has 0 amide bonds. The molecule has 0 aliphatic carbocycles. The van der Waals surface area contributed by atoms with Gasteiger partial charge in [0.25, 0.3) is 0 Å². The molecule has 1 aliphatic heterocycles. The number of pyridine rings is 1. The number of para-hydroxylation sites is 1. The van der Waals surface area contributed by atoms with Crippen molar-refractivity contribution in [1.82, 2.24) is 34.6 Å². The Bertz CT molecular complexity index is 1480. The molecule has 0 spiro atoms. The molecule has 1 aromatic carbocycles. The summed E-state index contributed by atoms with van der Waals surface area (Å²) in [5, 5.41) is 10.9. The Morgan fingerprint density at radius 3 is 2.52 bits per heavy atom. The zero-order valence-corrected chi connectivity index (χ0v) is 23.3. The maximum Gasteiger partial charge on any atom is 0.232 e. The lowest BCUT2D eigenvalue weighted by Gasteiger charge is -2.17. The van der Waals surface area contributed by atoms with Gasteiger partial charge in [0.1, 0.15) is 24.1 Å². The molecule has 1 saturated heterocycles. The normalized spacial score (nSPS) is 17.0. The summed E-state index contributed by atoms with van der Waals surface area (Å²) in [4.78, 5) is 32.7. The first kappa shape index (κ1) is 27.0. The van der Waals surface area contributed by atoms with Crippen molar-refractivity contribution >= 4 is 28.8 Å². The summed E-state index contributed by atoms with van der Waals surface area (Å²) in [6.45, 7) is 4.86. The van der Waals surface area contributed by atoms with E-state index in [-0.39, 0.29) is 11.9 Å². The largest absolute Gasteiger partial charge is 0.494 e. The van der Waals surface area contributed by atoms with Crippen LogP contribution in [0.5, 0.6) is 11.6 Å². The lowest BCUT2D eigenvalue weighted by atomic mass is 10.1. The van der Waals surface area contributed by atoms with Crippen LogP contribution in [0.4, 0.5) is 23.0 Å². The SMILES string of the molecule is CCC(=O)c1cnc(Nc2cnc(O[C@@H]3C[C@H](C)N(C)C3)cn2)cc1Nc1cccc(-c2ncn(C)n2)c1OC. The summed E-state index contributed by atoms with van der Waals surface area (Å²) >= 11 is 0. The predicted octanol–water partition coefficient (Wildman–Crippen LogP) is 4.23. The van der Waals surface area contributed by atoms with Gasteiger partial charge in [-0.1, -0.05) is 13.0 Å². The van der Waals surface area contributed by atoms with E-state index < -0.39 is 0 Å². The summed E-state index contributed by atoms with van der Waals surface area (Å²) in [5.41, 5.74) is 2.41. The van der Waals surface area contributed by atoms with Crippen molar-refractivity contribution in [2.24, 2.45) is 7.05 Å². The summed E-state index contributed by atoms with van der Waals surface area (Å²) < 4.78 is 13.4. The maximum absolute atomic E-state index is 12.8. The molecule has 0 radical (unpaired) electrons. The van der Waals surface area contributed by atoms with Crippen LogP contribution in [0.1, 0.15) is 37.0 Å². The second-order valence-electron chi connectivity index (χ2n) is 9.77. The number of carbonyl (C=O) groups is 1. The fraction of sp³-hybridized carbons (Fsp3) is 0.357. The molecule has 1 aliphatic rings. The minimum absolute atomic E-state index is 0.0452. The first-order valence-electron chi connectivity index (χ1n) is 13.1. The molecular formula is C28H33N9O3. The van der Waals surface area contributed by atoms with E-state index in [4.69, 9.17) is 9.47 Å². The smallest absolute Gasteiger partial charge is 0.232 e. The first-order chi connectivity index (χ1) is 19.3. The van der Waals surface area contributed by atoms with E-state index in [0.29, 0.717) is 58.5 Å². The van der Waals surface area contributed by atoms with E-state index in [1.165, 1.54) is 0 Å². The number of aryl methyl sites for hydroxylation is 1. The van der Waals surface area contributed by atoms with Crippen LogP contribution in [0.15, 0.2) is 49.2 Å². The molecule has 2 N–H and O–H groups in total. The highest BCUT2D eigenvalue weighted by atomic mass is 16.5. The fourth-order valence-electron chi connectivity index (χ4n) is 4.64. The summed E-state index contributed by atoms with van der Waals surface area (Å²) in [7, 11) is 5.48. The van der Waals surface area contributed by atoms with Crippen LogP contribution in [0.2, 0.25) is 0 Å². The van der Waals surface area contributed by atoms with Gasteiger partial charge in [-0.05, 0) is 26.1 Å². The summed E-state index contributed by atoms with van der Waals surface area (Å²) in [6.07, 6.45) is 7.76. The van der Waals surface area contributed by atoms with Gasteiger partial charge in [-0.3, -0.25) is 14.4 Å². The van der Waals surface area contributed by atoms with Gasteiger partial charge in [-0.25, -0.2) is 19.9 Å². The van der Waals surface area contributed by atoms with Crippen LogP contribution in [-0.4, -0.2) is 73.2 Å². The number of carbonyl (C=O) groups excluding carboxylic acids is 1. The number of Topliss-reactive ketones (excluding diaryl/α,β-unsaturated/α-hetero) is 1. The molecule has 3 aromatic heterocycles. The number of hydrogen-bond acceptors (Lipinski definition) is 11. The number of hydrogen-bond donors (Lipinski definition) is 2. The lowest BCUT2D eigenvalue weighted by molar-refractivity contribution is 0.0988. The average Bonchev–Trinajstić information content (AvgIpc) is 3.53. The number of benzene rings is 1. The van der Waals surface area contributed by atoms with Crippen molar-refractivity contribution in [1.29, 1.82) is 0 Å². The lowest BCUT2D eigenvalue weighted by Crippen LogP contribution is -2.23. The van der Waals surface area contributed by atoms with Crippen molar-refractivity contribution in [3.05, 3.63) is 54.7 Å². The quantitative estimate of drug-likeness (QED) is 0.279. The van der Waals surface area contributed by atoms with Crippen molar-refractivity contribution in [3.63, 3.8) is 0 Å². The van der Waals surface area contributed by atoms with Gasteiger partial charge in [0, 0.05) is 44.7 Å². The van der Waals surface area contributed by atoms with Gasteiger partial charge < -0.3 is 20.1 Å².